The molecule has 2 aromatic carbocycles. The number of carbonyl (C=O) groups is 1. The maximum Gasteiger partial charge on any atom is 0.337 e. The zero-order valence-electron chi connectivity index (χ0n) is 10.0. The lowest BCUT2D eigenvalue weighted by atomic mass is 10.2. The van der Waals surface area contributed by atoms with Crippen LogP contribution in [0.2, 0.25) is 0 Å². The van der Waals surface area contributed by atoms with E-state index in [-0.39, 0.29) is 0 Å². The van der Waals surface area contributed by atoms with Crippen LogP contribution in [0, 0.1) is 11.6 Å². The molecule has 0 bridgehead atoms. The highest BCUT2D eigenvalue weighted by atomic mass is 32.2. The fraction of sp³-hybridized carbons (Fsp3) is 0.0714. The van der Waals surface area contributed by atoms with Gasteiger partial charge in [-0.2, -0.15) is 0 Å². The third kappa shape index (κ3) is 3.32. The Labute approximate surface area is 113 Å². The molecule has 2 nitrogen and oxygen atoms in total. The lowest BCUT2D eigenvalue weighted by Gasteiger charge is -2.04. The first-order valence-electron chi connectivity index (χ1n) is 5.41. The van der Waals surface area contributed by atoms with Crippen molar-refractivity contribution in [2.45, 2.75) is 9.79 Å². The quantitative estimate of drug-likeness (QED) is 0.798. The molecule has 2 rings (SSSR count). The minimum atomic E-state index is -0.879. The van der Waals surface area contributed by atoms with Gasteiger partial charge in [0.15, 0.2) is 11.6 Å². The topological polar surface area (TPSA) is 26.3 Å². The Morgan fingerprint density at radius 1 is 1.00 bits per heavy atom. The standard InChI is InChI=1S/C14H10F2O2S/c1-18-14(17)9-2-4-10(5-3-9)19-11-6-7-12(15)13(16)8-11/h2-8H,1H3. The molecule has 0 unspecified atom stereocenters. The third-order valence-corrected chi connectivity index (χ3v) is 3.40. The van der Waals surface area contributed by atoms with Crippen molar-refractivity contribution < 1.29 is 18.3 Å². The largest absolute Gasteiger partial charge is 0.465 e. The van der Waals surface area contributed by atoms with Crippen molar-refractivity contribution in [2.24, 2.45) is 0 Å². The first-order chi connectivity index (χ1) is 9.10. The summed E-state index contributed by atoms with van der Waals surface area (Å²) in [6.07, 6.45) is 0. The van der Waals surface area contributed by atoms with Gasteiger partial charge < -0.3 is 4.74 Å². The highest BCUT2D eigenvalue weighted by Crippen LogP contribution is 2.28. The zero-order valence-corrected chi connectivity index (χ0v) is 10.8. The predicted molar refractivity (Wildman–Crippen MR) is 68.3 cm³/mol. The highest BCUT2D eigenvalue weighted by Gasteiger charge is 2.06. The van der Waals surface area contributed by atoms with Crippen molar-refractivity contribution >= 4 is 17.7 Å². The molecule has 0 spiro atoms. The zero-order chi connectivity index (χ0) is 13.8. The molecule has 0 N–H and O–H groups in total. The van der Waals surface area contributed by atoms with Crippen LogP contribution in [-0.4, -0.2) is 13.1 Å². The Morgan fingerprint density at radius 3 is 2.21 bits per heavy atom. The summed E-state index contributed by atoms with van der Waals surface area (Å²) in [6.45, 7) is 0. The fourth-order valence-corrected chi connectivity index (χ4v) is 2.30. The monoisotopic (exact) mass is 280 g/mol. The maximum absolute atomic E-state index is 13.0. The molecule has 0 heterocycles. The van der Waals surface area contributed by atoms with Gasteiger partial charge in [-0.3, -0.25) is 0 Å². The summed E-state index contributed by atoms with van der Waals surface area (Å²) >= 11 is 1.28. The molecule has 0 saturated carbocycles. The minimum absolute atomic E-state index is 0.413. The number of hydrogen-bond donors (Lipinski definition) is 0. The van der Waals surface area contributed by atoms with Crippen LogP contribution in [-0.2, 0) is 4.74 Å². The molecule has 0 aromatic heterocycles. The summed E-state index contributed by atoms with van der Waals surface area (Å²) in [6, 6.07) is 10.4. The first kappa shape index (κ1) is 13.5. The molecule has 2 aromatic rings. The minimum Gasteiger partial charge on any atom is -0.465 e. The van der Waals surface area contributed by atoms with Crippen molar-refractivity contribution in [3.8, 4) is 0 Å². The second-order valence-corrected chi connectivity index (χ2v) is 4.84. The van der Waals surface area contributed by atoms with E-state index in [1.165, 1.54) is 24.9 Å². The van der Waals surface area contributed by atoms with Gasteiger partial charge in [0, 0.05) is 9.79 Å². The van der Waals surface area contributed by atoms with Crippen LogP contribution in [0.5, 0.6) is 0 Å². The number of rotatable bonds is 3. The second-order valence-electron chi connectivity index (χ2n) is 3.69. The molecule has 0 amide bonds. The number of ether oxygens (including phenoxy) is 1. The van der Waals surface area contributed by atoms with Crippen molar-refractivity contribution in [1.82, 2.24) is 0 Å². The molecule has 0 aliphatic rings. The van der Waals surface area contributed by atoms with E-state index in [9.17, 15) is 13.6 Å². The van der Waals surface area contributed by atoms with Crippen molar-refractivity contribution in [3.05, 3.63) is 59.7 Å². The van der Waals surface area contributed by atoms with Gasteiger partial charge in [0.1, 0.15) is 0 Å². The van der Waals surface area contributed by atoms with E-state index in [0.29, 0.717) is 10.5 Å². The summed E-state index contributed by atoms with van der Waals surface area (Å²) in [5, 5.41) is 0. The third-order valence-electron chi connectivity index (χ3n) is 2.40. The summed E-state index contributed by atoms with van der Waals surface area (Å²) < 4.78 is 30.4. The van der Waals surface area contributed by atoms with Gasteiger partial charge in [0.2, 0.25) is 0 Å². The van der Waals surface area contributed by atoms with Crippen LogP contribution in [0.1, 0.15) is 10.4 Å². The van der Waals surface area contributed by atoms with E-state index < -0.39 is 17.6 Å². The van der Waals surface area contributed by atoms with Crippen LogP contribution in [0.25, 0.3) is 0 Å². The Balaban J connectivity index is 2.15. The lowest BCUT2D eigenvalue weighted by molar-refractivity contribution is 0.0600. The molecule has 0 aliphatic carbocycles. The Kier molecular flexibility index (Phi) is 4.16. The van der Waals surface area contributed by atoms with Gasteiger partial charge in [-0.1, -0.05) is 11.8 Å². The van der Waals surface area contributed by atoms with E-state index in [4.69, 9.17) is 0 Å². The fourth-order valence-electron chi connectivity index (χ4n) is 1.45. The van der Waals surface area contributed by atoms with Crippen LogP contribution >= 0.6 is 11.8 Å². The number of benzene rings is 2. The smallest absolute Gasteiger partial charge is 0.337 e. The van der Waals surface area contributed by atoms with Gasteiger partial charge in [0.25, 0.3) is 0 Å². The van der Waals surface area contributed by atoms with Gasteiger partial charge in [-0.05, 0) is 42.5 Å². The molecule has 0 fully saturated rings. The molecule has 5 heteroatoms. The Morgan fingerprint density at radius 2 is 1.63 bits per heavy atom. The van der Waals surface area contributed by atoms with Gasteiger partial charge >= 0.3 is 5.97 Å². The number of hydrogen-bond acceptors (Lipinski definition) is 3. The summed E-state index contributed by atoms with van der Waals surface area (Å²) in [5.74, 6) is -2.16. The molecule has 0 aliphatic heterocycles. The number of halogens is 2. The summed E-state index contributed by atoms with van der Waals surface area (Å²) in [7, 11) is 1.31. The average Bonchev–Trinajstić information content (AvgIpc) is 2.43. The summed E-state index contributed by atoms with van der Waals surface area (Å²) in [5.41, 5.74) is 0.442. The lowest BCUT2D eigenvalue weighted by Crippen LogP contribution is -2.00. The second kappa shape index (κ2) is 5.84. The molecule has 0 saturated heterocycles. The van der Waals surface area contributed by atoms with E-state index in [1.807, 2.05) is 0 Å². The van der Waals surface area contributed by atoms with Crippen molar-refractivity contribution in [2.75, 3.05) is 7.11 Å². The predicted octanol–water partition coefficient (Wildman–Crippen LogP) is 3.90. The van der Waals surface area contributed by atoms with Crippen LogP contribution < -0.4 is 0 Å². The van der Waals surface area contributed by atoms with Gasteiger partial charge in [-0.15, -0.1) is 0 Å². The average molecular weight is 280 g/mol. The van der Waals surface area contributed by atoms with E-state index >= 15 is 0 Å². The van der Waals surface area contributed by atoms with E-state index in [0.717, 1.165) is 17.0 Å². The molecule has 0 atom stereocenters. The van der Waals surface area contributed by atoms with Gasteiger partial charge in [0.05, 0.1) is 12.7 Å². The highest BCUT2D eigenvalue weighted by molar-refractivity contribution is 7.99. The SMILES string of the molecule is COC(=O)c1ccc(Sc2ccc(F)c(F)c2)cc1. The van der Waals surface area contributed by atoms with Crippen molar-refractivity contribution in [1.29, 1.82) is 0 Å². The van der Waals surface area contributed by atoms with Crippen LogP contribution in [0.15, 0.2) is 52.3 Å². The molecular weight excluding hydrogens is 270 g/mol. The maximum atomic E-state index is 13.0. The molecule has 0 radical (unpaired) electrons. The van der Waals surface area contributed by atoms with Crippen molar-refractivity contribution in [3.63, 3.8) is 0 Å². The van der Waals surface area contributed by atoms with Crippen LogP contribution in [0.4, 0.5) is 8.78 Å². The number of methoxy groups -OCH3 is 1. The van der Waals surface area contributed by atoms with Gasteiger partial charge in [-0.25, -0.2) is 13.6 Å². The normalized spacial score (nSPS) is 10.3. The number of carbonyl (C=O) groups excluding carboxylic acids is 1. The molecular formula is C14H10F2O2S. The molecule has 98 valence electrons. The Bertz CT molecular complexity index is 597. The molecule has 19 heavy (non-hydrogen) atoms. The van der Waals surface area contributed by atoms with E-state index in [2.05, 4.69) is 4.74 Å². The number of esters is 1. The van der Waals surface area contributed by atoms with Crippen LogP contribution in [0.3, 0.4) is 0 Å². The first-order valence-corrected chi connectivity index (χ1v) is 6.23. The summed E-state index contributed by atoms with van der Waals surface area (Å²) in [4.78, 5) is 12.7. The van der Waals surface area contributed by atoms with E-state index in [1.54, 1.807) is 24.3 Å². The Hall–Kier alpha value is -1.88.